The second kappa shape index (κ2) is 5.53. The van der Waals surface area contributed by atoms with Crippen molar-refractivity contribution in [3.8, 4) is 0 Å². The third-order valence-electron chi connectivity index (χ3n) is 3.29. The molecule has 0 fully saturated rings. The molecule has 0 spiro atoms. The lowest BCUT2D eigenvalue weighted by atomic mass is 9.94. The van der Waals surface area contributed by atoms with Crippen LogP contribution in [-0.2, 0) is 6.42 Å². The number of benzene rings is 1. The average molecular weight is 333 g/mol. The van der Waals surface area contributed by atoms with Gasteiger partial charge in [0.1, 0.15) is 0 Å². The number of hydrogen-bond donors (Lipinski definition) is 1. The van der Waals surface area contributed by atoms with Crippen LogP contribution < -0.4 is 5.32 Å². The third kappa shape index (κ3) is 3.03. The first-order chi connectivity index (χ1) is 9.11. The van der Waals surface area contributed by atoms with E-state index in [-0.39, 0.29) is 0 Å². The number of thiophene rings is 1. The molecule has 5 heteroatoms. The summed E-state index contributed by atoms with van der Waals surface area (Å²) < 4.78 is 0.864. The van der Waals surface area contributed by atoms with Crippen molar-refractivity contribution >= 4 is 51.8 Å². The quantitative estimate of drug-likeness (QED) is 0.690. The first kappa shape index (κ1) is 13.6. The molecule has 1 aliphatic rings. The molecule has 1 nitrogen and oxygen atoms in total. The van der Waals surface area contributed by atoms with Crippen LogP contribution >= 0.6 is 46.1 Å². The molecule has 0 aliphatic heterocycles. The van der Waals surface area contributed by atoms with Crippen molar-refractivity contribution in [2.24, 2.45) is 0 Å². The zero-order chi connectivity index (χ0) is 13.4. The second-order valence-electron chi connectivity index (χ2n) is 4.68. The van der Waals surface area contributed by atoms with E-state index in [1.165, 1.54) is 16.9 Å². The van der Waals surface area contributed by atoms with Crippen molar-refractivity contribution in [3.63, 3.8) is 0 Å². The maximum absolute atomic E-state index is 6.12. The summed E-state index contributed by atoms with van der Waals surface area (Å²) in [6, 6.07) is 7.90. The molecule has 1 unspecified atom stereocenters. The molecule has 1 N–H and O–H groups in total. The summed E-state index contributed by atoms with van der Waals surface area (Å²) in [6.07, 6.45) is 3.40. The maximum Gasteiger partial charge on any atom is 0.0934 e. The average Bonchev–Trinajstić information content (AvgIpc) is 2.69. The highest BCUT2D eigenvalue weighted by Crippen LogP contribution is 2.39. The lowest BCUT2D eigenvalue weighted by Crippen LogP contribution is -2.15. The Morgan fingerprint density at radius 2 is 1.79 bits per heavy atom. The van der Waals surface area contributed by atoms with Crippen LogP contribution in [0.2, 0.25) is 14.4 Å². The van der Waals surface area contributed by atoms with Crippen molar-refractivity contribution in [1.29, 1.82) is 0 Å². The molecule has 0 radical (unpaired) electrons. The molecule has 1 aromatic carbocycles. The molecular formula is C14H12Cl3NS. The molecular weight excluding hydrogens is 321 g/mol. The van der Waals surface area contributed by atoms with Gasteiger partial charge in [-0.2, -0.15) is 0 Å². The highest BCUT2D eigenvalue weighted by atomic mass is 35.5. The molecule has 0 saturated carbocycles. The Morgan fingerprint density at radius 3 is 2.53 bits per heavy atom. The Labute approximate surface area is 131 Å². The number of rotatable bonds is 2. The van der Waals surface area contributed by atoms with E-state index in [0.717, 1.165) is 22.9 Å². The van der Waals surface area contributed by atoms with Crippen LogP contribution in [0.1, 0.15) is 29.3 Å². The Bertz CT molecular complexity index is 588. The van der Waals surface area contributed by atoms with Crippen molar-refractivity contribution in [2.75, 3.05) is 5.32 Å². The van der Waals surface area contributed by atoms with E-state index in [1.54, 1.807) is 17.4 Å². The van der Waals surface area contributed by atoms with Gasteiger partial charge in [-0.25, -0.2) is 0 Å². The molecule has 3 rings (SSSR count). The number of halogens is 3. The topological polar surface area (TPSA) is 12.0 Å². The van der Waals surface area contributed by atoms with Gasteiger partial charge in [0.25, 0.3) is 0 Å². The summed E-state index contributed by atoms with van der Waals surface area (Å²) in [5, 5.41) is 4.81. The maximum atomic E-state index is 6.12. The number of hydrogen-bond acceptors (Lipinski definition) is 2. The lowest BCUT2D eigenvalue weighted by molar-refractivity contribution is 0.609. The van der Waals surface area contributed by atoms with Crippen LogP contribution in [0.3, 0.4) is 0 Å². The minimum absolute atomic E-state index is 0.294. The molecule has 0 bridgehead atoms. The first-order valence-electron chi connectivity index (χ1n) is 6.12. The SMILES string of the molecule is Clc1cc(Cl)cc(NC2CCCc3sc(Cl)cc32)c1. The summed E-state index contributed by atoms with van der Waals surface area (Å²) in [5.41, 5.74) is 2.27. The summed E-state index contributed by atoms with van der Waals surface area (Å²) in [5.74, 6) is 0. The standard InChI is InChI=1S/C14H12Cl3NS/c15-8-4-9(16)6-10(5-8)18-12-2-1-3-13-11(12)7-14(17)19-13/h4-7,12,18H,1-3H2. The number of anilines is 1. The summed E-state index contributed by atoms with van der Waals surface area (Å²) in [6.45, 7) is 0. The van der Waals surface area contributed by atoms with Gasteiger partial charge in [0.2, 0.25) is 0 Å². The van der Waals surface area contributed by atoms with Crippen LogP contribution in [0, 0.1) is 0 Å². The molecule has 1 heterocycles. The van der Waals surface area contributed by atoms with Gasteiger partial charge < -0.3 is 5.32 Å². The van der Waals surface area contributed by atoms with Crippen LogP contribution in [0.15, 0.2) is 24.3 Å². The van der Waals surface area contributed by atoms with Crippen LogP contribution in [0.4, 0.5) is 5.69 Å². The highest BCUT2D eigenvalue weighted by molar-refractivity contribution is 7.16. The Balaban J connectivity index is 1.88. The van der Waals surface area contributed by atoms with Crippen LogP contribution in [0.5, 0.6) is 0 Å². The van der Waals surface area contributed by atoms with Crippen molar-refractivity contribution in [2.45, 2.75) is 25.3 Å². The van der Waals surface area contributed by atoms with E-state index in [1.807, 2.05) is 12.1 Å². The summed E-state index contributed by atoms with van der Waals surface area (Å²) in [4.78, 5) is 1.39. The molecule has 1 aromatic heterocycles. The van der Waals surface area contributed by atoms with E-state index in [9.17, 15) is 0 Å². The lowest BCUT2D eigenvalue weighted by Gasteiger charge is -2.24. The number of aryl methyl sites for hydroxylation is 1. The van der Waals surface area contributed by atoms with E-state index in [2.05, 4.69) is 11.4 Å². The first-order valence-corrected chi connectivity index (χ1v) is 8.07. The van der Waals surface area contributed by atoms with Gasteiger partial charge >= 0.3 is 0 Å². The van der Waals surface area contributed by atoms with Gasteiger partial charge in [-0.3, -0.25) is 0 Å². The predicted molar refractivity (Wildman–Crippen MR) is 85.1 cm³/mol. The van der Waals surface area contributed by atoms with Crippen LogP contribution in [-0.4, -0.2) is 0 Å². The fourth-order valence-corrected chi connectivity index (χ4v) is 4.42. The summed E-state index contributed by atoms with van der Waals surface area (Å²) in [7, 11) is 0. The highest BCUT2D eigenvalue weighted by Gasteiger charge is 2.22. The van der Waals surface area contributed by atoms with Crippen molar-refractivity contribution < 1.29 is 0 Å². The molecule has 2 aromatic rings. The van der Waals surface area contributed by atoms with Gasteiger partial charge in [-0.1, -0.05) is 34.8 Å². The van der Waals surface area contributed by atoms with Gasteiger partial charge in [0, 0.05) is 20.6 Å². The molecule has 0 saturated heterocycles. The molecule has 19 heavy (non-hydrogen) atoms. The zero-order valence-electron chi connectivity index (χ0n) is 10.1. The second-order valence-corrected chi connectivity index (χ2v) is 7.32. The van der Waals surface area contributed by atoms with E-state index in [0.29, 0.717) is 16.1 Å². The van der Waals surface area contributed by atoms with Crippen LogP contribution in [0.25, 0.3) is 0 Å². The molecule has 1 aliphatic carbocycles. The Kier molecular flexibility index (Phi) is 3.95. The van der Waals surface area contributed by atoms with Gasteiger partial charge in [0.05, 0.1) is 10.4 Å². The monoisotopic (exact) mass is 331 g/mol. The fourth-order valence-electron chi connectivity index (χ4n) is 2.51. The minimum Gasteiger partial charge on any atom is -0.378 e. The Hall–Kier alpha value is -0.410. The van der Waals surface area contributed by atoms with Gasteiger partial charge in [0.15, 0.2) is 0 Å². The summed E-state index contributed by atoms with van der Waals surface area (Å²) >= 11 is 19.9. The number of fused-ring (bicyclic) bond motifs is 1. The molecule has 0 amide bonds. The van der Waals surface area contributed by atoms with Crippen molar-refractivity contribution in [1.82, 2.24) is 0 Å². The number of nitrogens with one attached hydrogen (secondary N) is 1. The van der Waals surface area contributed by atoms with Crippen molar-refractivity contribution in [3.05, 3.63) is 49.1 Å². The predicted octanol–water partition coefficient (Wildman–Crippen LogP) is 6.20. The van der Waals surface area contributed by atoms with Gasteiger partial charge in [-0.15, -0.1) is 11.3 Å². The fraction of sp³-hybridized carbons (Fsp3) is 0.286. The van der Waals surface area contributed by atoms with E-state index in [4.69, 9.17) is 34.8 Å². The Morgan fingerprint density at radius 1 is 1.05 bits per heavy atom. The molecule has 1 atom stereocenters. The largest absolute Gasteiger partial charge is 0.378 e. The zero-order valence-corrected chi connectivity index (χ0v) is 13.1. The van der Waals surface area contributed by atoms with E-state index < -0.39 is 0 Å². The third-order valence-corrected chi connectivity index (χ3v) is 5.06. The van der Waals surface area contributed by atoms with E-state index >= 15 is 0 Å². The normalized spacial score (nSPS) is 18.2. The minimum atomic E-state index is 0.294. The smallest absolute Gasteiger partial charge is 0.0934 e. The van der Waals surface area contributed by atoms with Gasteiger partial charge in [-0.05, 0) is 49.1 Å². The molecule has 100 valence electrons.